The second kappa shape index (κ2) is 6.44. The molecule has 106 valence electrons. The van der Waals surface area contributed by atoms with E-state index >= 15 is 0 Å². The van der Waals surface area contributed by atoms with E-state index in [2.05, 4.69) is 10.6 Å². The number of carbonyl (C=O) groups excluding carboxylic acids is 1. The molecular weight excluding hydrogens is 290 g/mol. The number of amides is 1. The fourth-order valence-corrected chi connectivity index (χ4v) is 1.84. The minimum Gasteiger partial charge on any atom is -0.376 e. The number of hydrogen-bond acceptors (Lipinski definition) is 2. The molecule has 1 amide bonds. The first-order valence-corrected chi connectivity index (χ1v) is 6.70. The fraction of sp³-hybridized carbons (Fsp3) is 0.462. The van der Waals surface area contributed by atoms with Crippen molar-refractivity contribution in [1.82, 2.24) is 5.32 Å². The Kier molecular flexibility index (Phi) is 5.44. The Hall–Kier alpha value is -1.00. The van der Waals surface area contributed by atoms with Gasteiger partial charge in [0.25, 0.3) is 0 Å². The summed E-state index contributed by atoms with van der Waals surface area (Å²) in [6.07, 6.45) is 0.826. The molecule has 6 heteroatoms. The van der Waals surface area contributed by atoms with Crippen LogP contribution in [0.25, 0.3) is 0 Å². The lowest BCUT2D eigenvalue weighted by molar-refractivity contribution is -0.121. The average Bonchev–Trinajstić information content (AvgIpc) is 2.32. The standard InChI is InChI=1S/C13H17Cl2FN2O/c1-4-13(2,3)18-11(19)7-17-8-5-9(14)12(16)10(15)6-8/h5-6,17H,4,7H2,1-3H3,(H,18,19). The Labute approximate surface area is 122 Å². The first-order valence-electron chi connectivity index (χ1n) is 5.94. The molecule has 0 aliphatic heterocycles. The molecule has 2 N–H and O–H groups in total. The molecule has 0 atom stereocenters. The minimum absolute atomic E-state index is 0.0712. The molecule has 0 fully saturated rings. The van der Waals surface area contributed by atoms with E-state index < -0.39 is 5.82 Å². The molecule has 0 aliphatic rings. The zero-order valence-corrected chi connectivity index (χ0v) is 12.6. The van der Waals surface area contributed by atoms with Crippen molar-refractivity contribution in [3.8, 4) is 0 Å². The van der Waals surface area contributed by atoms with E-state index in [-0.39, 0.29) is 28.0 Å². The lowest BCUT2D eigenvalue weighted by Gasteiger charge is -2.24. The van der Waals surface area contributed by atoms with Crippen LogP contribution in [-0.2, 0) is 4.79 Å². The van der Waals surface area contributed by atoms with Crippen LogP contribution in [0.3, 0.4) is 0 Å². The maximum Gasteiger partial charge on any atom is 0.239 e. The average molecular weight is 307 g/mol. The summed E-state index contributed by atoms with van der Waals surface area (Å²) in [4.78, 5) is 11.7. The molecular formula is C13H17Cl2FN2O. The van der Waals surface area contributed by atoms with Crippen molar-refractivity contribution in [2.75, 3.05) is 11.9 Å². The summed E-state index contributed by atoms with van der Waals surface area (Å²) >= 11 is 11.3. The fourth-order valence-electron chi connectivity index (χ4n) is 1.35. The molecule has 1 aromatic rings. The van der Waals surface area contributed by atoms with Crippen molar-refractivity contribution in [2.24, 2.45) is 0 Å². The summed E-state index contributed by atoms with van der Waals surface area (Å²) in [5.41, 5.74) is 0.248. The largest absolute Gasteiger partial charge is 0.376 e. The van der Waals surface area contributed by atoms with Crippen LogP contribution in [0.4, 0.5) is 10.1 Å². The van der Waals surface area contributed by atoms with Crippen LogP contribution in [0.15, 0.2) is 12.1 Å². The van der Waals surface area contributed by atoms with Crippen LogP contribution < -0.4 is 10.6 Å². The normalized spacial score (nSPS) is 11.3. The Morgan fingerprint density at radius 2 is 1.84 bits per heavy atom. The van der Waals surface area contributed by atoms with Crippen molar-refractivity contribution in [2.45, 2.75) is 32.7 Å². The molecule has 0 saturated heterocycles. The zero-order valence-electron chi connectivity index (χ0n) is 11.1. The molecule has 19 heavy (non-hydrogen) atoms. The third-order valence-corrected chi connectivity index (χ3v) is 3.35. The van der Waals surface area contributed by atoms with E-state index in [0.29, 0.717) is 5.69 Å². The molecule has 0 aliphatic carbocycles. The first-order chi connectivity index (χ1) is 8.75. The third kappa shape index (κ3) is 4.88. The van der Waals surface area contributed by atoms with Crippen molar-refractivity contribution in [3.63, 3.8) is 0 Å². The van der Waals surface area contributed by atoms with Gasteiger partial charge in [0.2, 0.25) is 5.91 Å². The van der Waals surface area contributed by atoms with E-state index in [1.807, 2.05) is 20.8 Å². The highest BCUT2D eigenvalue weighted by Crippen LogP contribution is 2.27. The summed E-state index contributed by atoms with van der Waals surface area (Å²) in [7, 11) is 0. The molecule has 1 aromatic carbocycles. The predicted octanol–water partition coefficient (Wildman–Crippen LogP) is 3.85. The molecule has 0 saturated carbocycles. The van der Waals surface area contributed by atoms with Gasteiger partial charge in [0.15, 0.2) is 5.82 Å². The van der Waals surface area contributed by atoms with Gasteiger partial charge in [0, 0.05) is 11.2 Å². The SMILES string of the molecule is CCC(C)(C)NC(=O)CNc1cc(Cl)c(F)c(Cl)c1. The van der Waals surface area contributed by atoms with Gasteiger partial charge < -0.3 is 10.6 Å². The van der Waals surface area contributed by atoms with Gasteiger partial charge in [-0.15, -0.1) is 0 Å². The predicted molar refractivity (Wildman–Crippen MR) is 77.4 cm³/mol. The molecule has 0 spiro atoms. The van der Waals surface area contributed by atoms with E-state index in [4.69, 9.17) is 23.2 Å². The summed E-state index contributed by atoms with van der Waals surface area (Å²) in [5, 5.41) is 5.57. The van der Waals surface area contributed by atoms with Crippen LogP contribution in [0, 0.1) is 5.82 Å². The Morgan fingerprint density at radius 1 is 1.32 bits per heavy atom. The van der Waals surface area contributed by atoms with Crippen LogP contribution in [-0.4, -0.2) is 18.0 Å². The number of rotatable bonds is 5. The highest BCUT2D eigenvalue weighted by molar-refractivity contribution is 6.35. The van der Waals surface area contributed by atoms with Crippen molar-refractivity contribution >= 4 is 34.8 Å². The first kappa shape index (κ1) is 16.1. The van der Waals surface area contributed by atoms with E-state index in [0.717, 1.165) is 6.42 Å². The maximum absolute atomic E-state index is 13.2. The van der Waals surface area contributed by atoms with E-state index in [9.17, 15) is 9.18 Å². The quantitative estimate of drug-likeness (QED) is 0.811. The zero-order chi connectivity index (χ0) is 14.6. The maximum atomic E-state index is 13.2. The molecule has 0 aromatic heterocycles. The third-order valence-electron chi connectivity index (χ3n) is 2.80. The topological polar surface area (TPSA) is 41.1 Å². The number of hydrogen-bond donors (Lipinski definition) is 2. The van der Waals surface area contributed by atoms with Crippen LogP contribution in [0.1, 0.15) is 27.2 Å². The second-order valence-corrected chi connectivity index (χ2v) is 5.71. The van der Waals surface area contributed by atoms with Gasteiger partial charge >= 0.3 is 0 Å². The van der Waals surface area contributed by atoms with Gasteiger partial charge in [0.1, 0.15) is 0 Å². The van der Waals surface area contributed by atoms with Gasteiger partial charge in [-0.3, -0.25) is 4.79 Å². The van der Waals surface area contributed by atoms with Crippen molar-refractivity contribution in [1.29, 1.82) is 0 Å². The minimum atomic E-state index is -0.662. The van der Waals surface area contributed by atoms with Gasteiger partial charge in [-0.2, -0.15) is 0 Å². The molecule has 1 rings (SSSR count). The second-order valence-electron chi connectivity index (χ2n) is 4.89. The summed E-state index contributed by atoms with van der Waals surface area (Å²) in [6, 6.07) is 2.78. The lowest BCUT2D eigenvalue weighted by Crippen LogP contribution is -2.45. The van der Waals surface area contributed by atoms with Gasteiger partial charge in [-0.1, -0.05) is 30.1 Å². The summed E-state index contributed by atoms with van der Waals surface area (Å²) < 4.78 is 13.2. The van der Waals surface area contributed by atoms with E-state index in [1.54, 1.807) is 0 Å². The number of nitrogens with one attached hydrogen (secondary N) is 2. The highest BCUT2D eigenvalue weighted by Gasteiger charge is 2.17. The number of carbonyl (C=O) groups is 1. The van der Waals surface area contributed by atoms with Crippen LogP contribution in [0.5, 0.6) is 0 Å². The van der Waals surface area contributed by atoms with Gasteiger partial charge in [-0.25, -0.2) is 4.39 Å². The summed E-state index contributed by atoms with van der Waals surface area (Å²) in [5.74, 6) is -0.811. The summed E-state index contributed by atoms with van der Waals surface area (Å²) in [6.45, 7) is 5.95. The van der Waals surface area contributed by atoms with Crippen molar-refractivity contribution < 1.29 is 9.18 Å². The van der Waals surface area contributed by atoms with E-state index in [1.165, 1.54) is 12.1 Å². The number of halogens is 3. The Bertz CT molecular complexity index is 455. The molecule has 0 bridgehead atoms. The number of anilines is 1. The Morgan fingerprint density at radius 3 is 2.32 bits per heavy atom. The lowest BCUT2D eigenvalue weighted by atomic mass is 10.0. The van der Waals surface area contributed by atoms with Crippen molar-refractivity contribution in [3.05, 3.63) is 28.0 Å². The monoisotopic (exact) mass is 306 g/mol. The molecule has 0 radical (unpaired) electrons. The highest BCUT2D eigenvalue weighted by atomic mass is 35.5. The van der Waals surface area contributed by atoms with Crippen LogP contribution >= 0.6 is 23.2 Å². The number of benzene rings is 1. The van der Waals surface area contributed by atoms with Crippen LogP contribution in [0.2, 0.25) is 10.0 Å². The molecule has 0 heterocycles. The van der Waals surface area contributed by atoms with Gasteiger partial charge in [-0.05, 0) is 32.4 Å². The van der Waals surface area contributed by atoms with Gasteiger partial charge in [0.05, 0.1) is 16.6 Å². The smallest absolute Gasteiger partial charge is 0.239 e. The Balaban J connectivity index is 2.60. The molecule has 0 unspecified atom stereocenters. The molecule has 3 nitrogen and oxygen atoms in total.